The van der Waals surface area contributed by atoms with E-state index in [-0.39, 0.29) is 36.1 Å². The van der Waals surface area contributed by atoms with E-state index in [2.05, 4.69) is 20.2 Å². The Kier molecular flexibility index (Phi) is 7.89. The first-order valence-electron chi connectivity index (χ1n) is 14.2. The van der Waals surface area contributed by atoms with Gasteiger partial charge in [-0.05, 0) is 47.9 Å². The number of amides is 2. The van der Waals surface area contributed by atoms with Crippen LogP contribution < -0.4 is 20.5 Å². The molecule has 2 saturated heterocycles. The monoisotopic (exact) mass is 611 g/mol. The van der Waals surface area contributed by atoms with Crippen LogP contribution >= 0.6 is 0 Å². The molecule has 0 spiro atoms. The summed E-state index contributed by atoms with van der Waals surface area (Å²) < 4.78 is 60.0. The lowest BCUT2D eigenvalue weighted by atomic mass is 10.1. The van der Waals surface area contributed by atoms with Crippen molar-refractivity contribution in [3.63, 3.8) is 0 Å². The number of imide groups is 1. The summed E-state index contributed by atoms with van der Waals surface area (Å²) in [5.74, 6) is -1.54. The fraction of sp³-hybridized carbons (Fsp3) is 0.323. The Hall–Kier alpha value is -4.65. The summed E-state index contributed by atoms with van der Waals surface area (Å²) in [5.41, 5.74) is 1.70. The molecule has 0 radical (unpaired) electrons. The number of nitrogens with zero attached hydrogens (tertiary/aromatic N) is 3. The molecule has 1 aromatic heterocycles. The number of ether oxygens (including phenoxy) is 1. The van der Waals surface area contributed by atoms with Crippen molar-refractivity contribution in [2.24, 2.45) is 0 Å². The number of carbonyl (C=O) groups is 2. The zero-order valence-electron chi connectivity index (χ0n) is 23.5. The third-order valence-electron chi connectivity index (χ3n) is 8.03. The van der Waals surface area contributed by atoms with Crippen molar-refractivity contribution in [3.05, 3.63) is 93.5 Å². The first kappa shape index (κ1) is 29.4. The van der Waals surface area contributed by atoms with Crippen molar-refractivity contribution < 1.29 is 31.9 Å². The van der Waals surface area contributed by atoms with E-state index in [9.17, 15) is 31.9 Å². The number of halogens is 4. The normalized spacial score (nSPS) is 18.1. The molecule has 1 unspecified atom stereocenters. The van der Waals surface area contributed by atoms with Gasteiger partial charge >= 0.3 is 6.18 Å². The van der Waals surface area contributed by atoms with Crippen molar-refractivity contribution in [1.29, 1.82) is 0 Å². The maximum absolute atomic E-state index is 14.4. The average molecular weight is 612 g/mol. The van der Waals surface area contributed by atoms with E-state index in [1.54, 1.807) is 0 Å². The second-order valence-corrected chi connectivity index (χ2v) is 11.0. The Bertz CT molecular complexity index is 1740. The highest BCUT2D eigenvalue weighted by molar-refractivity contribution is 5.99. The molecule has 1 atom stereocenters. The zero-order valence-corrected chi connectivity index (χ0v) is 23.5. The van der Waals surface area contributed by atoms with E-state index in [1.165, 1.54) is 18.2 Å². The lowest BCUT2D eigenvalue weighted by Crippen LogP contribution is -2.45. The van der Waals surface area contributed by atoms with Crippen LogP contribution in [0.25, 0.3) is 10.9 Å². The van der Waals surface area contributed by atoms with Gasteiger partial charge in [-0.3, -0.25) is 29.7 Å². The van der Waals surface area contributed by atoms with Crippen molar-refractivity contribution in [2.75, 3.05) is 31.1 Å². The number of piperidine rings is 1. The number of carbonyl (C=O) groups excluding carboxylic acids is 2. The second kappa shape index (κ2) is 11.8. The molecule has 2 fully saturated rings. The average Bonchev–Trinajstić information content (AvgIpc) is 3.32. The third-order valence-corrected chi connectivity index (χ3v) is 8.03. The molecule has 0 saturated carbocycles. The predicted octanol–water partition coefficient (Wildman–Crippen LogP) is 4.37. The number of aromatic nitrogens is 2. The highest BCUT2D eigenvalue weighted by Gasteiger charge is 2.31. The van der Waals surface area contributed by atoms with Gasteiger partial charge in [0.2, 0.25) is 5.91 Å². The van der Waals surface area contributed by atoms with Gasteiger partial charge in [-0.15, -0.1) is 0 Å². The van der Waals surface area contributed by atoms with Gasteiger partial charge < -0.3 is 9.64 Å². The fourth-order valence-corrected chi connectivity index (χ4v) is 5.61. The van der Waals surface area contributed by atoms with Gasteiger partial charge in [-0.1, -0.05) is 24.3 Å². The molecule has 230 valence electrons. The van der Waals surface area contributed by atoms with E-state index in [0.717, 1.165) is 52.8 Å². The summed E-state index contributed by atoms with van der Waals surface area (Å²) in [6.45, 7) is 3.74. The maximum Gasteiger partial charge on any atom is 0.416 e. The van der Waals surface area contributed by atoms with Crippen molar-refractivity contribution in [2.45, 2.75) is 38.2 Å². The summed E-state index contributed by atoms with van der Waals surface area (Å²) in [6, 6.07) is 14.4. The first-order valence-corrected chi connectivity index (χ1v) is 14.2. The number of benzene rings is 3. The standard InChI is InChI=1S/C31H29F4N5O4/c32-22-15-24-28(37-40(30(24)43)25-9-10-27(41)36-29(25)42)26(16-22)44-18-20-3-1-19(2-4-20)17-38-11-13-39(14-12-38)23-7-5-21(6-8-23)31(33,34)35/h1-8,15-16,25,37H,9-14,17-18H2,(H,36,41,42). The van der Waals surface area contributed by atoms with E-state index in [1.807, 2.05) is 24.3 Å². The van der Waals surface area contributed by atoms with E-state index in [0.29, 0.717) is 19.6 Å². The molecule has 2 aliphatic rings. The number of nitrogens with one attached hydrogen (secondary N) is 2. The van der Waals surface area contributed by atoms with E-state index >= 15 is 0 Å². The van der Waals surface area contributed by atoms with Crippen LogP contribution in [0.15, 0.2) is 65.5 Å². The molecule has 3 heterocycles. The third kappa shape index (κ3) is 6.18. The van der Waals surface area contributed by atoms with Crippen LogP contribution in [-0.4, -0.2) is 52.7 Å². The summed E-state index contributed by atoms with van der Waals surface area (Å²) in [5, 5.41) is 5.13. The summed E-state index contributed by atoms with van der Waals surface area (Å²) >= 11 is 0. The number of alkyl halides is 3. The molecule has 2 amide bonds. The minimum atomic E-state index is -4.35. The van der Waals surface area contributed by atoms with Crippen LogP contribution in [0.5, 0.6) is 5.75 Å². The van der Waals surface area contributed by atoms with Crippen LogP contribution in [0, 0.1) is 5.82 Å². The molecular weight excluding hydrogens is 582 g/mol. The zero-order chi connectivity index (χ0) is 31.0. The molecule has 2 aliphatic heterocycles. The minimum absolute atomic E-state index is 0.0402. The van der Waals surface area contributed by atoms with Gasteiger partial charge in [-0.25, -0.2) is 9.07 Å². The summed E-state index contributed by atoms with van der Waals surface area (Å²) in [7, 11) is 0. The number of hydrogen-bond acceptors (Lipinski definition) is 6. The quantitative estimate of drug-likeness (QED) is 0.238. The maximum atomic E-state index is 14.4. The summed E-state index contributed by atoms with van der Waals surface area (Å²) in [4.78, 5) is 41.1. The van der Waals surface area contributed by atoms with E-state index in [4.69, 9.17) is 4.74 Å². The van der Waals surface area contributed by atoms with Crippen LogP contribution in [-0.2, 0) is 28.9 Å². The first-order chi connectivity index (χ1) is 21.0. The van der Waals surface area contributed by atoms with Crippen molar-refractivity contribution in [1.82, 2.24) is 20.0 Å². The predicted molar refractivity (Wildman–Crippen MR) is 154 cm³/mol. The van der Waals surface area contributed by atoms with Gasteiger partial charge in [0.05, 0.1) is 10.9 Å². The Morgan fingerprint density at radius 2 is 1.57 bits per heavy atom. The fourth-order valence-electron chi connectivity index (χ4n) is 5.61. The number of H-pyrrole nitrogens is 1. The number of rotatable bonds is 7. The number of aromatic amines is 1. The molecule has 9 nitrogen and oxygen atoms in total. The van der Waals surface area contributed by atoms with Gasteiger partial charge in [0.25, 0.3) is 11.5 Å². The molecule has 6 rings (SSSR count). The Labute approximate surface area is 249 Å². The van der Waals surface area contributed by atoms with Gasteiger partial charge in [0, 0.05) is 50.9 Å². The van der Waals surface area contributed by atoms with Crippen molar-refractivity contribution in [3.8, 4) is 5.75 Å². The second-order valence-electron chi connectivity index (χ2n) is 11.0. The molecule has 3 aromatic carbocycles. The molecular formula is C31H29F4N5O4. The van der Waals surface area contributed by atoms with Crippen molar-refractivity contribution >= 4 is 28.4 Å². The Morgan fingerprint density at radius 3 is 2.23 bits per heavy atom. The molecule has 13 heteroatoms. The topological polar surface area (TPSA) is 99.7 Å². The molecule has 0 aliphatic carbocycles. The highest BCUT2D eigenvalue weighted by atomic mass is 19.4. The Morgan fingerprint density at radius 1 is 0.886 bits per heavy atom. The Balaban J connectivity index is 1.06. The minimum Gasteiger partial charge on any atom is -0.487 e. The SMILES string of the molecule is O=C1CCC(n2[nH]c3c(OCc4ccc(CN5CCN(c6ccc(C(F)(F)F)cc6)CC5)cc4)cc(F)cc3c2=O)C(=O)N1. The van der Waals surface area contributed by atoms with Crippen LogP contribution in [0.4, 0.5) is 23.2 Å². The highest BCUT2D eigenvalue weighted by Crippen LogP contribution is 2.31. The molecule has 2 N–H and O–H groups in total. The molecule has 44 heavy (non-hydrogen) atoms. The van der Waals surface area contributed by atoms with Gasteiger partial charge in [0.1, 0.15) is 29.7 Å². The van der Waals surface area contributed by atoms with E-state index < -0.39 is 41.0 Å². The van der Waals surface area contributed by atoms with Crippen LogP contribution in [0.1, 0.15) is 35.6 Å². The number of anilines is 1. The lowest BCUT2D eigenvalue weighted by Gasteiger charge is -2.36. The van der Waals surface area contributed by atoms with Crippen LogP contribution in [0.3, 0.4) is 0 Å². The summed E-state index contributed by atoms with van der Waals surface area (Å²) in [6.07, 6.45) is -4.11. The number of piperazine rings is 1. The van der Waals surface area contributed by atoms with Crippen LogP contribution in [0.2, 0.25) is 0 Å². The van der Waals surface area contributed by atoms with Gasteiger partial charge in [0.15, 0.2) is 0 Å². The largest absolute Gasteiger partial charge is 0.487 e. The number of hydrogen-bond donors (Lipinski definition) is 2. The smallest absolute Gasteiger partial charge is 0.416 e. The molecule has 0 bridgehead atoms. The number of fused-ring (bicyclic) bond motifs is 1. The lowest BCUT2D eigenvalue weighted by molar-refractivity contribution is -0.138. The molecule has 4 aromatic rings. The van der Waals surface area contributed by atoms with Gasteiger partial charge in [-0.2, -0.15) is 13.2 Å².